The normalized spacial score (nSPS) is 12.7. The minimum Gasteiger partial charge on any atom is -0.491 e. The maximum absolute atomic E-state index is 12.5. The first kappa shape index (κ1) is 20.8. The molecule has 0 aliphatic heterocycles. The molecule has 0 bridgehead atoms. The molecule has 1 aromatic heterocycles. The Morgan fingerprint density at radius 2 is 1.93 bits per heavy atom. The molecule has 1 unspecified atom stereocenters. The standard InChI is InChI=1S/C18H22F3N3O3/c1-11-16(12(2)24(3)23-11)8-17(26)22-9-14(25)10-27-15-6-4-13(5-7-15)18(19,20)21/h4-7,14,25H,8-10H2,1-3H3,(H,22,26). The summed E-state index contributed by atoms with van der Waals surface area (Å²) in [6, 6.07) is 4.17. The summed E-state index contributed by atoms with van der Waals surface area (Å²) in [5.41, 5.74) is 1.74. The molecule has 1 amide bonds. The molecule has 0 radical (unpaired) electrons. The summed E-state index contributed by atoms with van der Waals surface area (Å²) < 4.78 is 44.4. The molecule has 27 heavy (non-hydrogen) atoms. The first-order chi connectivity index (χ1) is 12.6. The van der Waals surface area contributed by atoms with Crippen molar-refractivity contribution in [2.24, 2.45) is 7.05 Å². The van der Waals surface area contributed by atoms with Crippen LogP contribution >= 0.6 is 0 Å². The number of rotatable bonds is 7. The molecule has 6 nitrogen and oxygen atoms in total. The van der Waals surface area contributed by atoms with E-state index in [0.29, 0.717) is 0 Å². The van der Waals surface area contributed by atoms with E-state index >= 15 is 0 Å². The lowest BCUT2D eigenvalue weighted by molar-refractivity contribution is -0.137. The number of carbonyl (C=O) groups is 1. The topological polar surface area (TPSA) is 76.4 Å². The fraction of sp³-hybridized carbons (Fsp3) is 0.444. The molecule has 148 valence electrons. The lowest BCUT2D eigenvalue weighted by atomic mass is 10.1. The number of halogens is 3. The van der Waals surface area contributed by atoms with Gasteiger partial charge in [-0.25, -0.2) is 0 Å². The van der Waals surface area contributed by atoms with E-state index in [1.54, 1.807) is 11.7 Å². The lowest BCUT2D eigenvalue weighted by Gasteiger charge is -2.14. The number of aliphatic hydroxyl groups is 1. The molecule has 0 aliphatic rings. The zero-order valence-corrected chi connectivity index (χ0v) is 15.3. The Morgan fingerprint density at radius 3 is 2.44 bits per heavy atom. The van der Waals surface area contributed by atoms with Crippen LogP contribution in [0.2, 0.25) is 0 Å². The van der Waals surface area contributed by atoms with Crippen LogP contribution in [-0.4, -0.2) is 40.0 Å². The zero-order valence-electron chi connectivity index (χ0n) is 15.3. The van der Waals surface area contributed by atoms with Gasteiger partial charge in [-0.2, -0.15) is 18.3 Å². The molecule has 1 heterocycles. The molecule has 1 aromatic carbocycles. The maximum atomic E-state index is 12.5. The molecule has 0 spiro atoms. The van der Waals surface area contributed by atoms with Crippen LogP contribution in [0.5, 0.6) is 5.75 Å². The SMILES string of the molecule is Cc1nn(C)c(C)c1CC(=O)NCC(O)COc1ccc(C(F)(F)F)cc1. The molecular formula is C18H22F3N3O3. The number of nitrogens with zero attached hydrogens (tertiary/aromatic N) is 2. The van der Waals surface area contributed by atoms with Gasteiger partial charge in [-0.05, 0) is 38.1 Å². The van der Waals surface area contributed by atoms with E-state index in [-0.39, 0.29) is 31.2 Å². The van der Waals surface area contributed by atoms with E-state index in [4.69, 9.17) is 4.74 Å². The molecule has 2 rings (SSSR count). The largest absolute Gasteiger partial charge is 0.491 e. The predicted octanol–water partition coefficient (Wildman–Crippen LogP) is 2.15. The number of aliphatic hydroxyl groups excluding tert-OH is 1. The molecular weight excluding hydrogens is 363 g/mol. The third kappa shape index (κ3) is 5.72. The molecule has 0 saturated carbocycles. The monoisotopic (exact) mass is 385 g/mol. The van der Waals surface area contributed by atoms with Crippen molar-refractivity contribution < 1.29 is 27.8 Å². The fourth-order valence-electron chi connectivity index (χ4n) is 2.52. The van der Waals surface area contributed by atoms with E-state index < -0.39 is 17.8 Å². The second-order valence-corrected chi connectivity index (χ2v) is 6.24. The van der Waals surface area contributed by atoms with E-state index in [0.717, 1.165) is 29.1 Å². The Hall–Kier alpha value is -2.55. The van der Waals surface area contributed by atoms with Crippen molar-refractivity contribution in [1.29, 1.82) is 0 Å². The van der Waals surface area contributed by atoms with Gasteiger partial charge in [0.2, 0.25) is 5.91 Å². The van der Waals surface area contributed by atoms with Gasteiger partial charge in [-0.3, -0.25) is 9.48 Å². The average Bonchev–Trinajstić information content (AvgIpc) is 2.84. The summed E-state index contributed by atoms with van der Waals surface area (Å²) in [6.45, 7) is 3.51. The van der Waals surface area contributed by atoms with Crippen LogP contribution in [0.1, 0.15) is 22.5 Å². The van der Waals surface area contributed by atoms with Gasteiger partial charge in [-0.15, -0.1) is 0 Å². The number of benzene rings is 1. The Kier molecular flexibility index (Phi) is 6.48. The van der Waals surface area contributed by atoms with Crippen LogP contribution in [0.15, 0.2) is 24.3 Å². The maximum Gasteiger partial charge on any atom is 0.416 e. The molecule has 0 aliphatic carbocycles. The van der Waals surface area contributed by atoms with Crippen LogP contribution < -0.4 is 10.1 Å². The third-order valence-electron chi connectivity index (χ3n) is 4.16. The van der Waals surface area contributed by atoms with Gasteiger partial charge in [0.15, 0.2) is 0 Å². The van der Waals surface area contributed by atoms with Crippen molar-refractivity contribution in [3.05, 3.63) is 46.8 Å². The average molecular weight is 385 g/mol. The summed E-state index contributed by atoms with van der Waals surface area (Å²) >= 11 is 0. The second kappa shape index (κ2) is 8.43. The van der Waals surface area contributed by atoms with Gasteiger partial charge in [-0.1, -0.05) is 0 Å². The highest BCUT2D eigenvalue weighted by Gasteiger charge is 2.30. The quantitative estimate of drug-likeness (QED) is 0.766. The van der Waals surface area contributed by atoms with Gasteiger partial charge in [0.25, 0.3) is 0 Å². The highest BCUT2D eigenvalue weighted by atomic mass is 19.4. The predicted molar refractivity (Wildman–Crippen MR) is 92.3 cm³/mol. The Morgan fingerprint density at radius 1 is 1.30 bits per heavy atom. The number of carbonyl (C=O) groups excluding carboxylic acids is 1. The summed E-state index contributed by atoms with van der Waals surface area (Å²) in [5.74, 6) is -0.0576. The number of aryl methyl sites for hydroxylation is 2. The number of hydrogen-bond donors (Lipinski definition) is 2. The van der Waals surface area contributed by atoms with E-state index in [1.807, 2.05) is 13.8 Å². The molecule has 1 atom stereocenters. The number of ether oxygens (including phenoxy) is 1. The number of amides is 1. The minimum atomic E-state index is -4.41. The Bertz CT molecular complexity index is 786. The number of alkyl halides is 3. The Labute approximate surface area is 154 Å². The van der Waals surface area contributed by atoms with Gasteiger partial charge in [0.1, 0.15) is 18.5 Å². The lowest BCUT2D eigenvalue weighted by Crippen LogP contribution is -2.36. The molecule has 2 N–H and O–H groups in total. The highest BCUT2D eigenvalue weighted by molar-refractivity contribution is 5.79. The highest BCUT2D eigenvalue weighted by Crippen LogP contribution is 2.30. The fourth-order valence-corrected chi connectivity index (χ4v) is 2.52. The summed E-state index contributed by atoms with van der Waals surface area (Å²) in [5, 5.41) is 16.7. The van der Waals surface area contributed by atoms with Crippen molar-refractivity contribution in [3.63, 3.8) is 0 Å². The number of hydrogen-bond acceptors (Lipinski definition) is 4. The van der Waals surface area contributed by atoms with Crippen molar-refractivity contribution in [2.45, 2.75) is 32.5 Å². The number of aromatic nitrogens is 2. The molecule has 0 saturated heterocycles. The van der Waals surface area contributed by atoms with E-state index in [1.165, 1.54) is 12.1 Å². The zero-order chi connectivity index (χ0) is 20.2. The first-order valence-corrected chi connectivity index (χ1v) is 8.32. The van der Waals surface area contributed by atoms with Gasteiger partial charge in [0, 0.05) is 24.8 Å². The summed E-state index contributed by atoms with van der Waals surface area (Å²) in [4.78, 5) is 12.0. The van der Waals surface area contributed by atoms with Crippen molar-refractivity contribution in [2.75, 3.05) is 13.2 Å². The van der Waals surface area contributed by atoms with Crippen LogP contribution in [0.4, 0.5) is 13.2 Å². The van der Waals surface area contributed by atoms with Crippen molar-refractivity contribution >= 4 is 5.91 Å². The van der Waals surface area contributed by atoms with E-state index in [2.05, 4.69) is 10.4 Å². The van der Waals surface area contributed by atoms with Crippen LogP contribution in [-0.2, 0) is 24.4 Å². The van der Waals surface area contributed by atoms with Crippen molar-refractivity contribution in [3.8, 4) is 5.75 Å². The third-order valence-corrected chi connectivity index (χ3v) is 4.16. The summed E-state index contributed by atoms with van der Waals surface area (Å²) in [6.07, 6.45) is -5.25. The smallest absolute Gasteiger partial charge is 0.416 e. The molecule has 2 aromatic rings. The van der Waals surface area contributed by atoms with Gasteiger partial charge >= 0.3 is 6.18 Å². The van der Waals surface area contributed by atoms with Gasteiger partial charge in [0.05, 0.1) is 17.7 Å². The van der Waals surface area contributed by atoms with Crippen LogP contribution in [0.3, 0.4) is 0 Å². The van der Waals surface area contributed by atoms with Crippen LogP contribution in [0, 0.1) is 13.8 Å². The molecule has 9 heteroatoms. The first-order valence-electron chi connectivity index (χ1n) is 8.32. The Balaban J connectivity index is 1.77. The van der Waals surface area contributed by atoms with E-state index in [9.17, 15) is 23.1 Å². The van der Waals surface area contributed by atoms with Gasteiger partial charge < -0.3 is 15.2 Å². The number of nitrogens with one attached hydrogen (secondary N) is 1. The van der Waals surface area contributed by atoms with Crippen LogP contribution in [0.25, 0.3) is 0 Å². The molecule has 0 fully saturated rings. The minimum absolute atomic E-state index is 0.0299. The summed E-state index contributed by atoms with van der Waals surface area (Å²) in [7, 11) is 1.80. The van der Waals surface area contributed by atoms with Crippen molar-refractivity contribution in [1.82, 2.24) is 15.1 Å². The second-order valence-electron chi connectivity index (χ2n) is 6.24.